The number of methoxy groups -OCH3 is 1. The molecule has 18 heavy (non-hydrogen) atoms. The summed E-state index contributed by atoms with van der Waals surface area (Å²) in [6.45, 7) is 10.5. The second-order valence-corrected chi connectivity index (χ2v) is 4.82. The summed E-state index contributed by atoms with van der Waals surface area (Å²) in [6, 6.07) is 6.14. The first-order valence-corrected chi connectivity index (χ1v) is 6.28. The zero-order valence-corrected chi connectivity index (χ0v) is 12.1. The summed E-state index contributed by atoms with van der Waals surface area (Å²) in [5.74, 6) is 1.38. The Kier molecular flexibility index (Phi) is 5.14. The molecule has 0 aromatic heterocycles. The molecular weight excluding hydrogens is 222 g/mol. The van der Waals surface area contributed by atoms with E-state index >= 15 is 0 Å². The van der Waals surface area contributed by atoms with Crippen molar-refractivity contribution in [3.63, 3.8) is 0 Å². The topological polar surface area (TPSA) is 21.6 Å². The second-order valence-electron chi connectivity index (χ2n) is 4.82. The van der Waals surface area contributed by atoms with Crippen LogP contribution >= 0.6 is 0 Å². The number of ether oxygens (including phenoxy) is 1. The Labute approximate surface area is 110 Å². The highest BCUT2D eigenvalue weighted by Crippen LogP contribution is 2.26. The van der Waals surface area contributed by atoms with Gasteiger partial charge in [0.2, 0.25) is 0 Å². The van der Waals surface area contributed by atoms with E-state index in [-0.39, 0.29) is 0 Å². The second kappa shape index (κ2) is 6.39. The van der Waals surface area contributed by atoms with Gasteiger partial charge in [-0.15, -0.1) is 0 Å². The Bertz CT molecular complexity index is 458. The maximum Gasteiger partial charge on any atom is 0.130 e. The van der Waals surface area contributed by atoms with Crippen LogP contribution in [0, 0.1) is 12.8 Å². The van der Waals surface area contributed by atoms with Crippen molar-refractivity contribution in [2.75, 3.05) is 14.2 Å². The Morgan fingerprint density at radius 3 is 2.56 bits per heavy atom. The maximum atomic E-state index is 5.49. The predicted molar refractivity (Wildman–Crippen MR) is 78.8 cm³/mol. The standard InChI is InChI=1S/C16H23NO/c1-11(2)13(4)10-15(17-5)14-9-7-8-12(3)16(14)18-6/h7-9,11H,4,10H2,1-3,5-6H3/b17-15+. The van der Waals surface area contributed by atoms with Gasteiger partial charge in [-0.3, -0.25) is 4.99 Å². The van der Waals surface area contributed by atoms with E-state index < -0.39 is 0 Å². The number of hydrogen-bond acceptors (Lipinski definition) is 2. The Balaban J connectivity index is 3.11. The number of aliphatic imine (C=N–C) groups is 1. The SMILES string of the molecule is C=C(C/C(=N\C)c1cccc(C)c1OC)C(C)C. The number of hydrogen-bond donors (Lipinski definition) is 0. The average Bonchev–Trinajstić information content (AvgIpc) is 2.35. The molecule has 0 aliphatic heterocycles. The first kappa shape index (κ1) is 14.5. The molecule has 0 unspecified atom stereocenters. The molecule has 0 saturated heterocycles. The molecule has 0 saturated carbocycles. The third kappa shape index (κ3) is 3.22. The number of nitrogens with zero attached hydrogens (tertiary/aromatic N) is 1. The van der Waals surface area contributed by atoms with Crippen molar-refractivity contribution < 1.29 is 4.74 Å². The molecule has 0 radical (unpaired) electrons. The highest BCUT2D eigenvalue weighted by molar-refractivity contribution is 6.04. The summed E-state index contributed by atoms with van der Waals surface area (Å²) in [5.41, 5.74) is 4.43. The fourth-order valence-corrected chi connectivity index (χ4v) is 1.86. The van der Waals surface area contributed by atoms with Crippen LogP contribution in [0.4, 0.5) is 0 Å². The average molecular weight is 245 g/mol. The van der Waals surface area contributed by atoms with Crippen LogP contribution < -0.4 is 4.74 Å². The van der Waals surface area contributed by atoms with E-state index in [0.29, 0.717) is 5.92 Å². The molecule has 1 aromatic carbocycles. The molecule has 0 amide bonds. The van der Waals surface area contributed by atoms with Crippen LogP contribution in [0.3, 0.4) is 0 Å². The predicted octanol–water partition coefficient (Wildman–Crippen LogP) is 4.02. The van der Waals surface area contributed by atoms with Crippen LogP contribution in [-0.4, -0.2) is 19.9 Å². The Morgan fingerprint density at radius 2 is 2.06 bits per heavy atom. The smallest absolute Gasteiger partial charge is 0.130 e. The van der Waals surface area contributed by atoms with Crippen molar-refractivity contribution in [2.45, 2.75) is 27.2 Å². The van der Waals surface area contributed by atoms with Gasteiger partial charge >= 0.3 is 0 Å². The van der Waals surface area contributed by atoms with E-state index in [0.717, 1.165) is 29.0 Å². The first-order chi connectivity index (χ1) is 8.51. The van der Waals surface area contributed by atoms with Gasteiger partial charge in [-0.1, -0.05) is 38.1 Å². The van der Waals surface area contributed by atoms with Gasteiger partial charge in [0.05, 0.1) is 7.11 Å². The molecule has 0 heterocycles. The summed E-state index contributed by atoms with van der Waals surface area (Å²) in [5, 5.41) is 0. The van der Waals surface area contributed by atoms with Crippen molar-refractivity contribution >= 4 is 5.71 Å². The lowest BCUT2D eigenvalue weighted by Gasteiger charge is -2.15. The molecule has 0 aliphatic carbocycles. The number of allylic oxidation sites excluding steroid dienone is 1. The zero-order valence-electron chi connectivity index (χ0n) is 12.1. The van der Waals surface area contributed by atoms with Crippen molar-refractivity contribution in [3.05, 3.63) is 41.5 Å². The lowest BCUT2D eigenvalue weighted by Crippen LogP contribution is -2.08. The molecule has 98 valence electrons. The first-order valence-electron chi connectivity index (χ1n) is 6.28. The van der Waals surface area contributed by atoms with Crippen molar-refractivity contribution in [1.29, 1.82) is 0 Å². The molecular formula is C16H23NO. The molecule has 0 fully saturated rings. The van der Waals surface area contributed by atoms with E-state index in [9.17, 15) is 0 Å². The summed E-state index contributed by atoms with van der Waals surface area (Å²) >= 11 is 0. The van der Waals surface area contributed by atoms with Gasteiger partial charge in [0.15, 0.2) is 0 Å². The quantitative estimate of drug-likeness (QED) is 0.567. The third-order valence-corrected chi connectivity index (χ3v) is 3.21. The van der Waals surface area contributed by atoms with Gasteiger partial charge in [-0.05, 0) is 24.5 Å². The molecule has 2 nitrogen and oxygen atoms in total. The van der Waals surface area contributed by atoms with Crippen LogP contribution in [0.5, 0.6) is 5.75 Å². The minimum Gasteiger partial charge on any atom is -0.496 e. The Hall–Kier alpha value is -1.57. The van der Waals surface area contributed by atoms with E-state index in [4.69, 9.17) is 4.74 Å². The van der Waals surface area contributed by atoms with E-state index in [2.05, 4.69) is 31.5 Å². The number of rotatable bonds is 5. The van der Waals surface area contributed by atoms with Gasteiger partial charge in [0, 0.05) is 24.7 Å². The van der Waals surface area contributed by atoms with Crippen molar-refractivity contribution in [2.24, 2.45) is 10.9 Å². The van der Waals surface area contributed by atoms with Gasteiger partial charge < -0.3 is 4.74 Å². The number of aryl methyl sites for hydroxylation is 1. The van der Waals surface area contributed by atoms with Gasteiger partial charge in [-0.2, -0.15) is 0 Å². The summed E-state index contributed by atoms with van der Waals surface area (Å²) in [4.78, 5) is 4.41. The fraction of sp³-hybridized carbons (Fsp3) is 0.438. The third-order valence-electron chi connectivity index (χ3n) is 3.21. The van der Waals surface area contributed by atoms with Crippen molar-refractivity contribution in [1.82, 2.24) is 0 Å². The number of para-hydroxylation sites is 1. The Morgan fingerprint density at radius 1 is 1.39 bits per heavy atom. The highest BCUT2D eigenvalue weighted by Gasteiger charge is 2.13. The fourth-order valence-electron chi connectivity index (χ4n) is 1.86. The van der Waals surface area contributed by atoms with E-state index in [1.807, 2.05) is 26.1 Å². The van der Waals surface area contributed by atoms with Crippen molar-refractivity contribution in [3.8, 4) is 5.75 Å². The molecule has 0 N–H and O–H groups in total. The molecule has 0 bridgehead atoms. The van der Waals surface area contributed by atoms with Crippen LogP contribution in [0.25, 0.3) is 0 Å². The monoisotopic (exact) mass is 245 g/mol. The number of benzene rings is 1. The maximum absolute atomic E-state index is 5.49. The summed E-state index contributed by atoms with van der Waals surface area (Å²) in [7, 11) is 3.53. The van der Waals surface area contributed by atoms with Crippen LogP contribution in [-0.2, 0) is 0 Å². The summed E-state index contributed by atoms with van der Waals surface area (Å²) in [6.07, 6.45) is 0.800. The zero-order chi connectivity index (χ0) is 13.7. The van der Waals surface area contributed by atoms with Crippen LogP contribution in [0.15, 0.2) is 35.3 Å². The molecule has 2 heteroatoms. The van der Waals surface area contributed by atoms with E-state index in [1.165, 1.54) is 5.57 Å². The van der Waals surface area contributed by atoms with Gasteiger partial charge in [-0.25, -0.2) is 0 Å². The summed E-state index contributed by atoms with van der Waals surface area (Å²) < 4.78 is 5.49. The van der Waals surface area contributed by atoms with Crippen LogP contribution in [0.2, 0.25) is 0 Å². The van der Waals surface area contributed by atoms with Gasteiger partial charge in [0.1, 0.15) is 5.75 Å². The highest BCUT2D eigenvalue weighted by atomic mass is 16.5. The largest absolute Gasteiger partial charge is 0.496 e. The lowest BCUT2D eigenvalue weighted by molar-refractivity contribution is 0.410. The lowest BCUT2D eigenvalue weighted by atomic mass is 9.94. The van der Waals surface area contributed by atoms with E-state index in [1.54, 1.807) is 7.11 Å². The van der Waals surface area contributed by atoms with Crippen LogP contribution in [0.1, 0.15) is 31.4 Å². The molecule has 0 aliphatic rings. The normalized spacial score (nSPS) is 11.8. The van der Waals surface area contributed by atoms with Gasteiger partial charge in [0.25, 0.3) is 0 Å². The molecule has 1 rings (SSSR count). The molecule has 0 atom stereocenters. The molecule has 0 spiro atoms. The molecule has 1 aromatic rings. The minimum atomic E-state index is 0.470. The minimum absolute atomic E-state index is 0.470.